The number of carbonyl (C=O) groups excluding carboxylic acids is 1. The average Bonchev–Trinajstić information content (AvgIpc) is 2.18. The number of hydrogen-bond acceptors (Lipinski definition) is 3. The van der Waals surface area contributed by atoms with Gasteiger partial charge in [0.1, 0.15) is 0 Å². The summed E-state index contributed by atoms with van der Waals surface area (Å²) in [6, 6.07) is 0.140. The van der Waals surface area contributed by atoms with Gasteiger partial charge in [0.2, 0.25) is 0 Å². The van der Waals surface area contributed by atoms with E-state index in [1.165, 1.54) is 6.42 Å². The summed E-state index contributed by atoms with van der Waals surface area (Å²) in [5, 5.41) is 3.29. The molecule has 0 aromatic heterocycles. The van der Waals surface area contributed by atoms with Crippen molar-refractivity contribution < 1.29 is 4.79 Å². The van der Waals surface area contributed by atoms with Crippen LogP contribution in [0.25, 0.3) is 0 Å². The number of thioether (sulfide) groups is 1. The quantitative estimate of drug-likeness (QED) is 0.761. The summed E-state index contributed by atoms with van der Waals surface area (Å²) in [4.78, 5) is 11.7. The van der Waals surface area contributed by atoms with E-state index in [1.54, 1.807) is 0 Å². The molecule has 82 valence electrons. The maximum absolute atomic E-state index is 11.7. The third-order valence-corrected chi connectivity index (χ3v) is 3.58. The topological polar surface area (TPSA) is 29.1 Å². The smallest absolute Gasteiger partial charge is 0.150 e. The summed E-state index contributed by atoms with van der Waals surface area (Å²) in [7, 11) is 0. The van der Waals surface area contributed by atoms with Gasteiger partial charge in [0, 0.05) is 24.5 Å². The average molecular weight is 215 g/mol. The van der Waals surface area contributed by atoms with E-state index in [0.29, 0.717) is 5.78 Å². The Labute approximate surface area is 91.2 Å². The molecule has 0 aliphatic carbocycles. The maximum Gasteiger partial charge on any atom is 0.150 e. The number of Topliss-reactive ketones (excluding diaryl/α,β-unsaturated/α-hetero) is 1. The fourth-order valence-electron chi connectivity index (χ4n) is 1.63. The third kappa shape index (κ3) is 4.47. The molecule has 0 amide bonds. The van der Waals surface area contributed by atoms with Crippen LogP contribution in [0, 0.1) is 5.92 Å². The van der Waals surface area contributed by atoms with Gasteiger partial charge in [-0.3, -0.25) is 4.79 Å². The van der Waals surface area contributed by atoms with Gasteiger partial charge in [0.25, 0.3) is 0 Å². The molecule has 2 nitrogen and oxygen atoms in total. The van der Waals surface area contributed by atoms with E-state index in [0.717, 1.165) is 36.8 Å². The van der Waals surface area contributed by atoms with Crippen LogP contribution in [-0.2, 0) is 4.79 Å². The standard InChI is InChI=1S/C11H21NOS/c1-9(2)4-3-5-11(13)10-8-14-7-6-12-10/h9-10,12H,3-8H2,1-2H3. The van der Waals surface area contributed by atoms with E-state index >= 15 is 0 Å². The molecule has 0 spiro atoms. The molecule has 1 saturated heterocycles. The van der Waals surface area contributed by atoms with Crippen molar-refractivity contribution in [1.82, 2.24) is 5.32 Å². The molecule has 1 fully saturated rings. The summed E-state index contributed by atoms with van der Waals surface area (Å²) in [6.45, 7) is 5.41. The first-order valence-electron chi connectivity index (χ1n) is 5.54. The normalized spacial score (nSPS) is 22.6. The van der Waals surface area contributed by atoms with Crippen molar-refractivity contribution in [2.75, 3.05) is 18.1 Å². The summed E-state index contributed by atoms with van der Waals surface area (Å²) < 4.78 is 0. The summed E-state index contributed by atoms with van der Waals surface area (Å²) >= 11 is 1.89. The van der Waals surface area contributed by atoms with Crippen LogP contribution in [0.2, 0.25) is 0 Å². The first-order chi connectivity index (χ1) is 6.70. The Morgan fingerprint density at radius 2 is 2.36 bits per heavy atom. The Balaban J connectivity index is 2.13. The van der Waals surface area contributed by atoms with Crippen molar-refractivity contribution in [3.63, 3.8) is 0 Å². The zero-order chi connectivity index (χ0) is 10.4. The summed E-state index contributed by atoms with van der Waals surface area (Å²) in [5.74, 6) is 3.25. The van der Waals surface area contributed by atoms with Gasteiger partial charge in [-0.25, -0.2) is 0 Å². The monoisotopic (exact) mass is 215 g/mol. The molecule has 0 aromatic carbocycles. The predicted octanol–water partition coefficient (Wildman–Crippen LogP) is 2.09. The van der Waals surface area contributed by atoms with E-state index in [4.69, 9.17) is 0 Å². The molecule has 0 saturated carbocycles. The highest BCUT2D eigenvalue weighted by Crippen LogP contribution is 2.12. The minimum atomic E-state index is 0.140. The fraction of sp³-hybridized carbons (Fsp3) is 0.909. The van der Waals surface area contributed by atoms with E-state index in [-0.39, 0.29) is 6.04 Å². The summed E-state index contributed by atoms with van der Waals surface area (Å²) in [5.41, 5.74) is 0. The van der Waals surface area contributed by atoms with Crippen molar-refractivity contribution in [3.8, 4) is 0 Å². The Morgan fingerprint density at radius 3 is 2.93 bits per heavy atom. The van der Waals surface area contributed by atoms with Crippen LogP contribution in [0.3, 0.4) is 0 Å². The Kier molecular flexibility index (Phi) is 5.56. The van der Waals surface area contributed by atoms with Gasteiger partial charge in [-0.1, -0.05) is 20.3 Å². The molecule has 1 aliphatic heterocycles. The van der Waals surface area contributed by atoms with Gasteiger partial charge in [0.15, 0.2) is 5.78 Å². The van der Waals surface area contributed by atoms with Gasteiger partial charge >= 0.3 is 0 Å². The molecule has 1 heterocycles. The van der Waals surface area contributed by atoms with Crippen LogP contribution in [0.1, 0.15) is 33.1 Å². The summed E-state index contributed by atoms with van der Waals surface area (Å²) in [6.07, 6.45) is 2.99. The highest BCUT2D eigenvalue weighted by atomic mass is 32.2. The molecule has 1 unspecified atom stereocenters. The lowest BCUT2D eigenvalue weighted by Gasteiger charge is -2.21. The van der Waals surface area contributed by atoms with Gasteiger partial charge < -0.3 is 5.32 Å². The fourth-order valence-corrected chi connectivity index (χ4v) is 2.60. The SMILES string of the molecule is CC(C)CCCC(=O)C1CSCCN1. The molecular formula is C11H21NOS. The number of nitrogens with one attached hydrogen (secondary N) is 1. The Hall–Kier alpha value is -0.0200. The van der Waals surface area contributed by atoms with E-state index in [9.17, 15) is 4.79 Å². The highest BCUT2D eigenvalue weighted by molar-refractivity contribution is 7.99. The zero-order valence-electron chi connectivity index (χ0n) is 9.21. The minimum Gasteiger partial charge on any atom is -0.306 e. The van der Waals surface area contributed by atoms with Crippen molar-refractivity contribution in [1.29, 1.82) is 0 Å². The van der Waals surface area contributed by atoms with Crippen molar-refractivity contribution in [2.45, 2.75) is 39.2 Å². The van der Waals surface area contributed by atoms with Crippen molar-refractivity contribution in [3.05, 3.63) is 0 Å². The van der Waals surface area contributed by atoms with Gasteiger partial charge in [0.05, 0.1) is 6.04 Å². The predicted molar refractivity (Wildman–Crippen MR) is 62.8 cm³/mol. The zero-order valence-corrected chi connectivity index (χ0v) is 10.0. The Morgan fingerprint density at radius 1 is 1.57 bits per heavy atom. The molecule has 0 aromatic rings. The second-order valence-electron chi connectivity index (χ2n) is 4.33. The van der Waals surface area contributed by atoms with Gasteiger partial charge in [-0.05, 0) is 12.3 Å². The minimum absolute atomic E-state index is 0.140. The van der Waals surface area contributed by atoms with Crippen molar-refractivity contribution >= 4 is 17.5 Å². The van der Waals surface area contributed by atoms with E-state index in [2.05, 4.69) is 19.2 Å². The molecule has 0 bridgehead atoms. The number of ketones is 1. The van der Waals surface area contributed by atoms with Crippen LogP contribution in [0.15, 0.2) is 0 Å². The number of carbonyl (C=O) groups is 1. The Bertz CT molecular complexity index is 176. The van der Waals surface area contributed by atoms with Crippen LogP contribution >= 0.6 is 11.8 Å². The van der Waals surface area contributed by atoms with E-state index in [1.807, 2.05) is 11.8 Å². The molecule has 3 heteroatoms. The van der Waals surface area contributed by atoms with Crippen LogP contribution in [0.4, 0.5) is 0 Å². The first kappa shape index (κ1) is 12.1. The highest BCUT2D eigenvalue weighted by Gasteiger charge is 2.19. The number of hydrogen-bond donors (Lipinski definition) is 1. The molecule has 1 rings (SSSR count). The third-order valence-electron chi connectivity index (χ3n) is 2.51. The van der Waals surface area contributed by atoms with E-state index < -0.39 is 0 Å². The second-order valence-corrected chi connectivity index (χ2v) is 5.48. The first-order valence-corrected chi connectivity index (χ1v) is 6.69. The van der Waals surface area contributed by atoms with Crippen LogP contribution < -0.4 is 5.32 Å². The van der Waals surface area contributed by atoms with Gasteiger partial charge in [-0.15, -0.1) is 0 Å². The molecule has 14 heavy (non-hydrogen) atoms. The lowest BCUT2D eigenvalue weighted by molar-refractivity contribution is -0.120. The molecule has 0 radical (unpaired) electrons. The molecule has 1 atom stereocenters. The van der Waals surface area contributed by atoms with Crippen LogP contribution in [0.5, 0.6) is 0 Å². The lowest BCUT2D eigenvalue weighted by atomic mass is 10.0. The van der Waals surface area contributed by atoms with Gasteiger partial charge in [-0.2, -0.15) is 11.8 Å². The maximum atomic E-state index is 11.7. The van der Waals surface area contributed by atoms with Crippen molar-refractivity contribution in [2.24, 2.45) is 5.92 Å². The molecule has 1 N–H and O–H groups in total. The number of rotatable bonds is 5. The van der Waals surface area contributed by atoms with Crippen LogP contribution in [-0.4, -0.2) is 29.9 Å². The largest absolute Gasteiger partial charge is 0.306 e. The molecular weight excluding hydrogens is 194 g/mol. The molecule has 1 aliphatic rings. The second kappa shape index (κ2) is 6.46. The lowest BCUT2D eigenvalue weighted by Crippen LogP contribution is -2.43.